The van der Waals surface area contributed by atoms with Crippen molar-refractivity contribution in [1.29, 1.82) is 0 Å². The van der Waals surface area contributed by atoms with Crippen LogP contribution >= 0.6 is 0 Å². The van der Waals surface area contributed by atoms with Gasteiger partial charge in [-0.3, -0.25) is 8.89 Å². The highest BCUT2D eigenvalue weighted by molar-refractivity contribution is 7.84. The Kier molecular flexibility index (Phi) is 4.93. The van der Waals surface area contributed by atoms with Crippen LogP contribution in [0.25, 0.3) is 0 Å². The summed E-state index contributed by atoms with van der Waals surface area (Å²) < 4.78 is 24.5. The molecule has 1 aromatic heterocycles. The van der Waals surface area contributed by atoms with Crippen LogP contribution in [0, 0.1) is 0 Å². The van der Waals surface area contributed by atoms with E-state index in [1.165, 1.54) is 6.20 Å². The van der Waals surface area contributed by atoms with Gasteiger partial charge in [0.25, 0.3) is 0 Å². The van der Waals surface area contributed by atoms with Crippen LogP contribution in [-0.2, 0) is 33.1 Å². The molecule has 0 N–H and O–H groups in total. The monoisotopic (exact) mass is 300 g/mol. The van der Waals surface area contributed by atoms with Gasteiger partial charge in [-0.1, -0.05) is 0 Å². The Morgan fingerprint density at radius 2 is 2.40 bits per heavy atom. The van der Waals surface area contributed by atoms with E-state index in [0.29, 0.717) is 30.2 Å². The molecule has 1 aliphatic heterocycles. The Hall–Kier alpha value is -1.21. The third kappa shape index (κ3) is 3.09. The fraction of sp³-hybridized carbons (Fsp3) is 0.692. The molecular formula is C13H20N2O4S. The number of ether oxygens (including phenoxy) is 2. The first-order valence-corrected chi connectivity index (χ1v) is 8.09. The van der Waals surface area contributed by atoms with Gasteiger partial charge in [0, 0.05) is 24.5 Å². The summed E-state index contributed by atoms with van der Waals surface area (Å²) >= 11 is 0. The minimum absolute atomic E-state index is 0.00453. The molecule has 20 heavy (non-hydrogen) atoms. The number of carbonyl (C=O) groups is 1. The summed E-state index contributed by atoms with van der Waals surface area (Å²) in [6, 6.07) is 0. The van der Waals surface area contributed by atoms with Crippen LogP contribution in [0.5, 0.6) is 0 Å². The van der Waals surface area contributed by atoms with Crippen LogP contribution in [0.2, 0.25) is 0 Å². The molecule has 3 unspecified atom stereocenters. The fourth-order valence-corrected chi connectivity index (χ4v) is 4.00. The number of aryl methyl sites for hydroxylation is 1. The first-order chi connectivity index (χ1) is 9.54. The zero-order valence-electron chi connectivity index (χ0n) is 12.0. The van der Waals surface area contributed by atoms with Gasteiger partial charge in [0.1, 0.15) is 5.56 Å². The van der Waals surface area contributed by atoms with Gasteiger partial charge >= 0.3 is 5.97 Å². The highest BCUT2D eigenvalue weighted by Crippen LogP contribution is 2.22. The molecule has 0 amide bonds. The summed E-state index contributed by atoms with van der Waals surface area (Å²) in [6.07, 6.45) is 2.26. The maximum atomic E-state index is 12.4. The lowest BCUT2D eigenvalue weighted by Crippen LogP contribution is -2.25. The summed E-state index contributed by atoms with van der Waals surface area (Å²) in [5, 5.41) is 4.08. The number of hydrogen-bond acceptors (Lipinski definition) is 5. The molecule has 0 saturated carbocycles. The van der Waals surface area contributed by atoms with Gasteiger partial charge < -0.3 is 9.47 Å². The van der Waals surface area contributed by atoms with Crippen LogP contribution in [0.3, 0.4) is 0 Å². The summed E-state index contributed by atoms with van der Waals surface area (Å²) in [7, 11) is 0.650. The molecule has 6 nitrogen and oxygen atoms in total. The SMILES string of the molecule is CCOC(=O)c1cnn(C)c1CS(=O)C1CCOC1C. The Bertz CT molecular complexity index is 514. The average Bonchev–Trinajstić information content (AvgIpc) is 2.97. The zero-order chi connectivity index (χ0) is 14.7. The molecule has 1 aliphatic rings. The van der Waals surface area contributed by atoms with E-state index in [-0.39, 0.29) is 11.4 Å². The number of nitrogens with zero attached hydrogens (tertiary/aromatic N) is 2. The standard InChI is InChI=1S/C13H20N2O4S/c1-4-18-13(16)10-7-14-15(3)11(10)8-20(17)12-5-6-19-9(12)2/h7,9,12H,4-6,8H2,1-3H3. The van der Waals surface area contributed by atoms with E-state index in [1.54, 1.807) is 18.7 Å². The highest BCUT2D eigenvalue weighted by atomic mass is 32.2. The third-order valence-corrected chi connectivity index (χ3v) is 5.33. The van der Waals surface area contributed by atoms with E-state index < -0.39 is 16.8 Å². The Morgan fingerprint density at radius 1 is 1.65 bits per heavy atom. The third-order valence-electron chi connectivity index (χ3n) is 3.48. The van der Waals surface area contributed by atoms with Crippen molar-refractivity contribution in [2.45, 2.75) is 37.4 Å². The van der Waals surface area contributed by atoms with E-state index >= 15 is 0 Å². The molecule has 2 rings (SSSR count). The van der Waals surface area contributed by atoms with E-state index in [4.69, 9.17) is 9.47 Å². The summed E-state index contributed by atoms with van der Waals surface area (Å²) in [5.74, 6) is -0.119. The highest BCUT2D eigenvalue weighted by Gasteiger charge is 2.31. The van der Waals surface area contributed by atoms with Crippen LogP contribution < -0.4 is 0 Å². The second-order valence-electron chi connectivity index (χ2n) is 4.78. The summed E-state index contributed by atoms with van der Waals surface area (Å²) in [6.45, 7) is 4.64. The van der Waals surface area contributed by atoms with Gasteiger partial charge in [-0.05, 0) is 20.3 Å². The Morgan fingerprint density at radius 3 is 3.00 bits per heavy atom. The second kappa shape index (κ2) is 6.49. The van der Waals surface area contributed by atoms with Gasteiger partial charge in [-0.2, -0.15) is 5.10 Å². The van der Waals surface area contributed by atoms with Crippen LogP contribution in [0.4, 0.5) is 0 Å². The van der Waals surface area contributed by atoms with Crippen LogP contribution in [0.1, 0.15) is 36.3 Å². The maximum absolute atomic E-state index is 12.4. The summed E-state index contributed by atoms with van der Waals surface area (Å²) in [4.78, 5) is 11.8. The molecule has 2 heterocycles. The number of rotatable bonds is 5. The maximum Gasteiger partial charge on any atom is 0.341 e. The lowest BCUT2D eigenvalue weighted by molar-refractivity contribution is 0.0525. The lowest BCUT2D eigenvalue weighted by Gasteiger charge is -2.14. The molecule has 0 aliphatic carbocycles. The van der Waals surface area contributed by atoms with Crippen molar-refractivity contribution in [2.24, 2.45) is 7.05 Å². The minimum atomic E-state index is -1.09. The van der Waals surface area contributed by atoms with Crippen molar-refractivity contribution in [3.63, 3.8) is 0 Å². The van der Waals surface area contributed by atoms with E-state index in [9.17, 15) is 9.00 Å². The van der Waals surface area contributed by atoms with E-state index in [2.05, 4.69) is 5.10 Å². The van der Waals surface area contributed by atoms with Gasteiger partial charge in [-0.15, -0.1) is 0 Å². The van der Waals surface area contributed by atoms with E-state index in [1.807, 2.05) is 6.92 Å². The first-order valence-electron chi connectivity index (χ1n) is 6.71. The second-order valence-corrected chi connectivity index (χ2v) is 6.43. The van der Waals surface area contributed by atoms with Gasteiger partial charge in [0.15, 0.2) is 0 Å². The normalized spacial score (nSPS) is 23.8. The van der Waals surface area contributed by atoms with E-state index in [0.717, 1.165) is 6.42 Å². The van der Waals surface area contributed by atoms with Crippen molar-refractivity contribution in [1.82, 2.24) is 9.78 Å². The number of esters is 1. The van der Waals surface area contributed by atoms with Crippen molar-refractivity contribution >= 4 is 16.8 Å². The molecule has 1 fully saturated rings. The molecule has 1 aromatic rings. The average molecular weight is 300 g/mol. The van der Waals surface area contributed by atoms with Crippen LogP contribution in [0.15, 0.2) is 6.20 Å². The topological polar surface area (TPSA) is 70.4 Å². The minimum Gasteiger partial charge on any atom is -0.462 e. The Balaban J connectivity index is 2.14. The number of aromatic nitrogens is 2. The molecule has 0 bridgehead atoms. The van der Waals surface area contributed by atoms with Crippen LogP contribution in [-0.4, -0.2) is 44.5 Å². The lowest BCUT2D eigenvalue weighted by atomic mass is 10.2. The molecule has 1 saturated heterocycles. The molecule has 112 valence electrons. The zero-order valence-corrected chi connectivity index (χ0v) is 12.8. The fourth-order valence-electron chi connectivity index (χ4n) is 2.31. The first kappa shape index (κ1) is 15.2. The quantitative estimate of drug-likeness (QED) is 0.759. The molecule has 0 radical (unpaired) electrons. The molecule has 3 atom stereocenters. The smallest absolute Gasteiger partial charge is 0.341 e. The predicted octanol–water partition coefficient (Wildman–Crippen LogP) is 1.02. The molecule has 0 aromatic carbocycles. The van der Waals surface area contributed by atoms with Crippen molar-refractivity contribution in [2.75, 3.05) is 13.2 Å². The van der Waals surface area contributed by atoms with Gasteiger partial charge in [0.05, 0.1) is 35.6 Å². The summed E-state index contributed by atoms with van der Waals surface area (Å²) in [5.41, 5.74) is 1.05. The predicted molar refractivity (Wildman–Crippen MR) is 74.8 cm³/mol. The Labute approximate surface area is 120 Å². The number of carbonyl (C=O) groups excluding carboxylic acids is 1. The van der Waals surface area contributed by atoms with Crippen molar-refractivity contribution in [3.05, 3.63) is 17.5 Å². The van der Waals surface area contributed by atoms with Gasteiger partial charge in [0.2, 0.25) is 0 Å². The van der Waals surface area contributed by atoms with Crippen molar-refractivity contribution in [3.8, 4) is 0 Å². The van der Waals surface area contributed by atoms with Gasteiger partial charge in [-0.25, -0.2) is 4.79 Å². The molecular weight excluding hydrogens is 280 g/mol. The largest absolute Gasteiger partial charge is 0.462 e. The van der Waals surface area contributed by atoms with Crippen molar-refractivity contribution < 1.29 is 18.5 Å². The number of hydrogen-bond donors (Lipinski definition) is 0. The molecule has 0 spiro atoms. The molecule has 7 heteroatoms.